The van der Waals surface area contributed by atoms with Crippen LogP contribution in [0.15, 0.2) is 29.8 Å². The highest BCUT2D eigenvalue weighted by Crippen LogP contribution is 2.28. The highest BCUT2D eigenvalue weighted by molar-refractivity contribution is 7.13. The lowest BCUT2D eigenvalue weighted by Crippen LogP contribution is -2.01. The molecule has 0 spiro atoms. The second-order valence-corrected chi connectivity index (χ2v) is 5.81. The molecular weight excluding hydrogens is 268 g/mol. The topological polar surface area (TPSA) is 56.7 Å². The number of benzene rings is 1. The molecule has 0 aliphatic heterocycles. The third-order valence-corrected chi connectivity index (χ3v) is 4.07. The Morgan fingerprint density at radius 2 is 2.00 bits per heavy atom. The van der Waals surface area contributed by atoms with Gasteiger partial charge in [0, 0.05) is 10.9 Å². The van der Waals surface area contributed by atoms with E-state index in [1.807, 2.05) is 16.3 Å². The average Bonchev–Trinajstić information content (AvgIpc) is 2.99. The van der Waals surface area contributed by atoms with Gasteiger partial charge in [-0.15, -0.1) is 11.3 Å². The molecule has 0 fully saturated rings. The van der Waals surface area contributed by atoms with Crippen molar-refractivity contribution in [1.29, 1.82) is 0 Å². The molecule has 2 N–H and O–H groups in total. The van der Waals surface area contributed by atoms with E-state index in [-0.39, 0.29) is 0 Å². The molecule has 2 heterocycles. The Bertz CT molecular complexity index is 770. The van der Waals surface area contributed by atoms with E-state index in [2.05, 4.69) is 49.1 Å². The number of thiazole rings is 1. The summed E-state index contributed by atoms with van der Waals surface area (Å²) in [5.41, 5.74) is 12.2. The lowest BCUT2D eigenvalue weighted by atomic mass is 10.1. The van der Waals surface area contributed by atoms with Gasteiger partial charge in [-0.3, -0.25) is 0 Å². The molecule has 0 saturated heterocycles. The van der Waals surface area contributed by atoms with Gasteiger partial charge in [0.25, 0.3) is 0 Å². The minimum atomic E-state index is 0.582. The predicted molar refractivity (Wildman–Crippen MR) is 83.3 cm³/mol. The molecule has 2 aromatic heterocycles. The molecule has 1 aromatic carbocycles. The van der Waals surface area contributed by atoms with Gasteiger partial charge in [-0.2, -0.15) is 5.10 Å². The molecule has 0 aliphatic rings. The maximum absolute atomic E-state index is 5.71. The zero-order valence-electron chi connectivity index (χ0n) is 11.7. The van der Waals surface area contributed by atoms with Crippen molar-refractivity contribution in [2.45, 2.75) is 20.8 Å². The van der Waals surface area contributed by atoms with E-state index in [1.54, 1.807) is 0 Å². The first-order valence-electron chi connectivity index (χ1n) is 6.40. The molecule has 5 heteroatoms. The van der Waals surface area contributed by atoms with Crippen LogP contribution in [0.4, 0.5) is 5.13 Å². The summed E-state index contributed by atoms with van der Waals surface area (Å²) in [5, 5.41) is 7.06. The quantitative estimate of drug-likeness (QED) is 0.783. The van der Waals surface area contributed by atoms with E-state index in [0.717, 1.165) is 22.6 Å². The van der Waals surface area contributed by atoms with E-state index in [0.29, 0.717) is 5.13 Å². The minimum absolute atomic E-state index is 0.582. The maximum Gasteiger partial charge on any atom is 0.180 e. The summed E-state index contributed by atoms with van der Waals surface area (Å²) in [5.74, 6) is 0. The van der Waals surface area contributed by atoms with E-state index >= 15 is 0 Å². The Balaban J connectivity index is 2.13. The molecule has 0 atom stereocenters. The van der Waals surface area contributed by atoms with Gasteiger partial charge in [0.2, 0.25) is 0 Å². The Morgan fingerprint density at radius 3 is 2.70 bits per heavy atom. The molecule has 4 nitrogen and oxygen atoms in total. The van der Waals surface area contributed by atoms with Crippen LogP contribution in [-0.2, 0) is 0 Å². The molecule has 0 amide bonds. The number of anilines is 1. The Hall–Kier alpha value is -2.14. The van der Waals surface area contributed by atoms with Gasteiger partial charge in [0.15, 0.2) is 5.13 Å². The van der Waals surface area contributed by atoms with Crippen molar-refractivity contribution in [1.82, 2.24) is 14.8 Å². The summed E-state index contributed by atoms with van der Waals surface area (Å²) in [4.78, 5) is 4.33. The standard InChI is InChI=1S/C15H16N4S/c1-9-4-5-10(2)14(6-9)19-11(3)12(7-17-19)13-8-20-15(16)18-13/h4-8H,1-3H3,(H2,16,18). The normalized spacial score (nSPS) is 10.9. The fraction of sp³-hybridized carbons (Fsp3) is 0.200. The fourth-order valence-electron chi connectivity index (χ4n) is 2.26. The van der Waals surface area contributed by atoms with Crippen molar-refractivity contribution in [3.8, 4) is 16.9 Å². The number of aromatic nitrogens is 3. The zero-order valence-corrected chi connectivity index (χ0v) is 12.5. The van der Waals surface area contributed by atoms with Gasteiger partial charge in [0.1, 0.15) is 0 Å². The third-order valence-electron chi connectivity index (χ3n) is 3.40. The van der Waals surface area contributed by atoms with Crippen LogP contribution in [0.1, 0.15) is 16.8 Å². The maximum atomic E-state index is 5.71. The first kappa shape index (κ1) is 12.9. The van der Waals surface area contributed by atoms with Crippen LogP contribution in [0.25, 0.3) is 16.9 Å². The number of hydrogen-bond acceptors (Lipinski definition) is 4. The zero-order chi connectivity index (χ0) is 14.3. The molecule has 0 bridgehead atoms. The fourth-order valence-corrected chi connectivity index (χ4v) is 2.83. The summed E-state index contributed by atoms with van der Waals surface area (Å²) in [6.07, 6.45) is 1.85. The largest absolute Gasteiger partial charge is 0.375 e. The highest BCUT2D eigenvalue weighted by Gasteiger charge is 2.13. The monoisotopic (exact) mass is 284 g/mol. The van der Waals surface area contributed by atoms with Crippen LogP contribution in [0.3, 0.4) is 0 Å². The van der Waals surface area contributed by atoms with Gasteiger partial charge in [-0.25, -0.2) is 9.67 Å². The summed E-state index contributed by atoms with van der Waals surface area (Å²) < 4.78 is 1.97. The van der Waals surface area contributed by atoms with E-state index < -0.39 is 0 Å². The summed E-state index contributed by atoms with van der Waals surface area (Å²) in [7, 11) is 0. The number of rotatable bonds is 2. The number of nitrogen functional groups attached to an aromatic ring is 1. The van der Waals surface area contributed by atoms with Crippen LogP contribution in [0, 0.1) is 20.8 Å². The molecule has 0 saturated carbocycles. The van der Waals surface area contributed by atoms with Crippen molar-refractivity contribution < 1.29 is 0 Å². The third kappa shape index (κ3) is 2.10. The molecule has 0 unspecified atom stereocenters. The van der Waals surface area contributed by atoms with E-state index in [4.69, 9.17) is 5.73 Å². The first-order valence-corrected chi connectivity index (χ1v) is 7.28. The molecule has 3 rings (SSSR count). The molecule has 102 valence electrons. The minimum Gasteiger partial charge on any atom is -0.375 e. The molecule has 20 heavy (non-hydrogen) atoms. The molecule has 0 aliphatic carbocycles. The van der Waals surface area contributed by atoms with Gasteiger partial charge >= 0.3 is 0 Å². The van der Waals surface area contributed by atoms with E-state index in [9.17, 15) is 0 Å². The molecule has 0 radical (unpaired) electrons. The molecular formula is C15H16N4S. The Labute approximate surface area is 121 Å². The smallest absolute Gasteiger partial charge is 0.180 e. The lowest BCUT2D eigenvalue weighted by Gasteiger charge is -2.09. The summed E-state index contributed by atoms with van der Waals surface area (Å²) >= 11 is 1.45. The van der Waals surface area contributed by atoms with Crippen LogP contribution >= 0.6 is 11.3 Å². The highest BCUT2D eigenvalue weighted by atomic mass is 32.1. The number of aryl methyl sites for hydroxylation is 2. The average molecular weight is 284 g/mol. The van der Waals surface area contributed by atoms with Crippen LogP contribution in [0.5, 0.6) is 0 Å². The first-order chi connectivity index (χ1) is 9.56. The van der Waals surface area contributed by atoms with Crippen molar-refractivity contribution in [2.24, 2.45) is 0 Å². The molecule has 3 aromatic rings. The van der Waals surface area contributed by atoms with E-state index in [1.165, 1.54) is 22.5 Å². The van der Waals surface area contributed by atoms with Crippen molar-refractivity contribution in [3.05, 3.63) is 46.6 Å². The number of hydrogen-bond donors (Lipinski definition) is 1. The lowest BCUT2D eigenvalue weighted by molar-refractivity contribution is 0.839. The second kappa shape index (κ2) is 4.76. The van der Waals surface area contributed by atoms with Crippen molar-refractivity contribution >= 4 is 16.5 Å². The number of nitrogens with zero attached hydrogens (tertiary/aromatic N) is 3. The second-order valence-electron chi connectivity index (χ2n) is 4.92. The SMILES string of the molecule is Cc1ccc(C)c(-n2ncc(-c3csc(N)n3)c2C)c1. The van der Waals surface area contributed by atoms with Crippen LogP contribution in [-0.4, -0.2) is 14.8 Å². The Morgan fingerprint density at radius 1 is 1.20 bits per heavy atom. The summed E-state index contributed by atoms with van der Waals surface area (Å²) in [6.45, 7) is 6.24. The summed E-state index contributed by atoms with van der Waals surface area (Å²) in [6, 6.07) is 6.38. The van der Waals surface area contributed by atoms with Gasteiger partial charge in [0.05, 0.1) is 23.3 Å². The van der Waals surface area contributed by atoms with Crippen LogP contribution in [0.2, 0.25) is 0 Å². The van der Waals surface area contributed by atoms with Gasteiger partial charge in [-0.05, 0) is 38.0 Å². The number of nitrogens with two attached hydrogens (primary N) is 1. The van der Waals surface area contributed by atoms with Crippen molar-refractivity contribution in [2.75, 3.05) is 5.73 Å². The Kier molecular flexibility index (Phi) is 3.06. The predicted octanol–water partition coefficient (Wildman–Crippen LogP) is 3.50. The van der Waals surface area contributed by atoms with Gasteiger partial charge in [-0.1, -0.05) is 12.1 Å². The van der Waals surface area contributed by atoms with Crippen LogP contribution < -0.4 is 5.73 Å². The van der Waals surface area contributed by atoms with Gasteiger partial charge < -0.3 is 5.73 Å². The van der Waals surface area contributed by atoms with Crippen molar-refractivity contribution in [3.63, 3.8) is 0 Å².